The lowest BCUT2D eigenvalue weighted by Gasteiger charge is -2.06. The highest BCUT2D eigenvalue weighted by molar-refractivity contribution is 5.73. The van der Waals surface area contributed by atoms with Crippen molar-refractivity contribution < 1.29 is 24.5 Å². The molecule has 0 aliphatic carbocycles. The van der Waals surface area contributed by atoms with E-state index in [4.69, 9.17) is 10.2 Å². The van der Waals surface area contributed by atoms with Crippen LogP contribution in [0, 0.1) is 0 Å². The minimum Gasteiger partial charge on any atom is -0.480 e. The van der Waals surface area contributed by atoms with E-state index in [1.807, 2.05) is 0 Å². The molecule has 0 aromatic carbocycles. The zero-order valence-corrected chi connectivity index (χ0v) is 6.61. The van der Waals surface area contributed by atoms with E-state index in [9.17, 15) is 9.59 Å². The highest BCUT2D eigenvalue weighted by atomic mass is 16.6. The van der Waals surface area contributed by atoms with Crippen LogP contribution >= 0.6 is 0 Å². The molecule has 0 spiro atoms. The number of aliphatic hydroxyl groups excluding tert-OH is 1. The van der Waals surface area contributed by atoms with E-state index in [0.717, 1.165) is 0 Å². The van der Waals surface area contributed by atoms with Gasteiger partial charge in [0.1, 0.15) is 0 Å². The maximum atomic E-state index is 10.6. The van der Waals surface area contributed by atoms with Crippen LogP contribution in [-0.2, 0) is 14.3 Å². The Bertz CT molecular complexity index is 167. The third-order valence-corrected chi connectivity index (χ3v) is 0.848. The first-order valence-electron chi connectivity index (χ1n) is 3.32. The maximum Gasteiger partial charge on any atom is 0.322 e. The molecule has 0 heterocycles. The normalized spacial score (nSPS) is 12.2. The number of nitrogens with one attached hydrogen (secondary N) is 1. The Kier molecular flexibility index (Phi) is 4.98. The second kappa shape index (κ2) is 5.50. The Balaban J connectivity index is 3.38. The minimum absolute atomic E-state index is 0.225. The van der Waals surface area contributed by atoms with E-state index >= 15 is 0 Å². The van der Waals surface area contributed by atoms with Gasteiger partial charge in [0.15, 0.2) is 6.29 Å². The average molecular weight is 177 g/mol. The van der Waals surface area contributed by atoms with Crippen molar-refractivity contribution in [2.75, 3.05) is 13.1 Å². The van der Waals surface area contributed by atoms with Crippen molar-refractivity contribution in [3.05, 3.63) is 0 Å². The summed E-state index contributed by atoms with van der Waals surface area (Å²) >= 11 is 0. The number of ether oxygens (including phenoxy) is 1. The average Bonchev–Trinajstić information content (AvgIpc) is 1.84. The van der Waals surface area contributed by atoms with E-state index in [-0.39, 0.29) is 13.1 Å². The lowest BCUT2D eigenvalue weighted by Crippen LogP contribution is -2.31. The number of aliphatic carboxylic acids is 1. The van der Waals surface area contributed by atoms with Gasteiger partial charge in [-0.25, -0.2) is 0 Å². The van der Waals surface area contributed by atoms with Crippen LogP contribution in [0.3, 0.4) is 0 Å². The highest BCUT2D eigenvalue weighted by Gasteiger charge is 2.05. The fourth-order valence-corrected chi connectivity index (χ4v) is 0.503. The molecule has 0 bridgehead atoms. The first-order chi connectivity index (χ1) is 5.52. The molecule has 12 heavy (non-hydrogen) atoms. The molecule has 0 saturated heterocycles. The van der Waals surface area contributed by atoms with Gasteiger partial charge in [0.25, 0.3) is 0 Å². The van der Waals surface area contributed by atoms with Crippen LogP contribution in [0.2, 0.25) is 0 Å². The van der Waals surface area contributed by atoms with Crippen LogP contribution in [0.5, 0.6) is 0 Å². The molecule has 70 valence electrons. The number of carbonyl (C=O) groups excluding carboxylic acids is 1. The highest BCUT2D eigenvalue weighted by Crippen LogP contribution is 1.83. The van der Waals surface area contributed by atoms with Crippen molar-refractivity contribution >= 4 is 11.9 Å². The molecular formula is C6H11NO5. The lowest BCUT2D eigenvalue weighted by molar-refractivity contribution is -0.163. The molecule has 6 nitrogen and oxygen atoms in total. The number of carbonyl (C=O) groups is 2. The zero-order valence-electron chi connectivity index (χ0n) is 6.61. The second-order valence-electron chi connectivity index (χ2n) is 2.09. The van der Waals surface area contributed by atoms with Gasteiger partial charge < -0.3 is 14.9 Å². The Morgan fingerprint density at radius 2 is 2.08 bits per heavy atom. The molecule has 0 radical (unpaired) electrons. The fraction of sp³-hybridized carbons (Fsp3) is 0.667. The second-order valence-corrected chi connectivity index (χ2v) is 2.09. The molecule has 1 unspecified atom stereocenters. The number of esters is 1. The summed E-state index contributed by atoms with van der Waals surface area (Å²) in [6, 6.07) is 0. The van der Waals surface area contributed by atoms with E-state index in [1.165, 1.54) is 6.92 Å². The molecule has 0 rings (SSSR count). The molecule has 0 aromatic rings. The number of hydrogen-bond acceptors (Lipinski definition) is 5. The summed E-state index contributed by atoms with van der Waals surface area (Å²) in [5.74, 6) is -1.74. The molecule has 1 atom stereocenters. The van der Waals surface area contributed by atoms with Crippen LogP contribution in [0.4, 0.5) is 0 Å². The van der Waals surface area contributed by atoms with Crippen molar-refractivity contribution in [1.82, 2.24) is 5.32 Å². The predicted octanol–water partition coefficient (Wildman–Crippen LogP) is -1.46. The molecular weight excluding hydrogens is 166 g/mol. The number of hydrogen-bond donors (Lipinski definition) is 3. The van der Waals surface area contributed by atoms with Crippen molar-refractivity contribution in [2.45, 2.75) is 13.2 Å². The number of rotatable bonds is 5. The summed E-state index contributed by atoms with van der Waals surface area (Å²) in [4.78, 5) is 20.5. The first-order valence-corrected chi connectivity index (χ1v) is 3.32. The summed E-state index contributed by atoms with van der Waals surface area (Å²) in [7, 11) is 0. The van der Waals surface area contributed by atoms with Gasteiger partial charge in [0.05, 0.1) is 13.1 Å². The number of carboxylic acids is 1. The smallest absolute Gasteiger partial charge is 0.322 e. The molecule has 0 amide bonds. The van der Waals surface area contributed by atoms with Crippen molar-refractivity contribution in [3.8, 4) is 0 Å². The van der Waals surface area contributed by atoms with Gasteiger partial charge in [-0.05, 0) is 6.92 Å². The van der Waals surface area contributed by atoms with Gasteiger partial charge in [-0.2, -0.15) is 0 Å². The van der Waals surface area contributed by atoms with Crippen molar-refractivity contribution in [1.29, 1.82) is 0 Å². The predicted molar refractivity (Wildman–Crippen MR) is 38.3 cm³/mol. The van der Waals surface area contributed by atoms with Gasteiger partial charge in [-0.1, -0.05) is 0 Å². The molecule has 0 aromatic heterocycles. The van der Waals surface area contributed by atoms with Crippen molar-refractivity contribution in [2.24, 2.45) is 0 Å². The van der Waals surface area contributed by atoms with Crippen LogP contribution in [0.1, 0.15) is 6.92 Å². The Hall–Kier alpha value is -1.14. The Morgan fingerprint density at radius 3 is 2.50 bits per heavy atom. The van der Waals surface area contributed by atoms with Gasteiger partial charge in [0, 0.05) is 0 Å². The van der Waals surface area contributed by atoms with E-state index < -0.39 is 18.2 Å². The van der Waals surface area contributed by atoms with Crippen LogP contribution in [0.25, 0.3) is 0 Å². The molecule has 0 fully saturated rings. The lowest BCUT2D eigenvalue weighted by atomic mass is 10.6. The fourth-order valence-electron chi connectivity index (χ4n) is 0.503. The molecule has 0 aliphatic rings. The molecule has 6 heteroatoms. The van der Waals surface area contributed by atoms with Gasteiger partial charge in [-0.3, -0.25) is 14.9 Å². The Morgan fingerprint density at radius 1 is 1.50 bits per heavy atom. The first kappa shape index (κ1) is 10.9. The minimum atomic E-state index is -1.16. The van der Waals surface area contributed by atoms with Crippen LogP contribution in [0.15, 0.2) is 0 Å². The summed E-state index contributed by atoms with van der Waals surface area (Å²) in [6.45, 7) is 0.751. The summed E-state index contributed by atoms with van der Waals surface area (Å²) in [6.07, 6.45) is -1.16. The maximum absolute atomic E-state index is 10.6. The molecule has 0 saturated carbocycles. The van der Waals surface area contributed by atoms with E-state index in [1.54, 1.807) is 0 Å². The van der Waals surface area contributed by atoms with Gasteiger partial charge in [0.2, 0.25) is 0 Å². The van der Waals surface area contributed by atoms with Gasteiger partial charge >= 0.3 is 11.9 Å². The van der Waals surface area contributed by atoms with E-state index in [0.29, 0.717) is 0 Å². The largest absolute Gasteiger partial charge is 0.480 e. The van der Waals surface area contributed by atoms with E-state index in [2.05, 4.69) is 10.1 Å². The van der Waals surface area contributed by atoms with Crippen LogP contribution < -0.4 is 5.32 Å². The van der Waals surface area contributed by atoms with Crippen molar-refractivity contribution in [3.63, 3.8) is 0 Å². The van der Waals surface area contributed by atoms with Gasteiger partial charge in [-0.15, -0.1) is 0 Å². The standard InChI is InChI=1S/C6H11NO5/c1-4(8)12-6(11)3-7-2-5(9)10/h4,7-8H,2-3H2,1H3,(H,9,10). The topological polar surface area (TPSA) is 95.9 Å². The third-order valence-electron chi connectivity index (χ3n) is 0.848. The summed E-state index contributed by atoms with van der Waals surface area (Å²) < 4.78 is 4.29. The summed E-state index contributed by atoms with van der Waals surface area (Å²) in [5.41, 5.74) is 0. The van der Waals surface area contributed by atoms with Crippen LogP contribution in [-0.4, -0.2) is 41.5 Å². The number of carboxylic acid groups (broad SMARTS) is 1. The number of aliphatic hydroxyl groups is 1. The summed E-state index contributed by atoms with van der Waals surface area (Å²) in [5, 5.41) is 19.0. The Labute approximate surface area is 69.1 Å². The monoisotopic (exact) mass is 177 g/mol. The molecule has 3 N–H and O–H groups in total. The molecule has 0 aliphatic heterocycles. The SMILES string of the molecule is CC(O)OC(=O)CNCC(=O)O. The zero-order chi connectivity index (χ0) is 9.56. The third kappa shape index (κ3) is 6.97. The quantitative estimate of drug-likeness (QED) is 0.351.